The second-order valence-corrected chi connectivity index (χ2v) is 5.88. The van der Waals surface area contributed by atoms with Gasteiger partial charge in [-0.1, -0.05) is 6.07 Å². The predicted octanol–water partition coefficient (Wildman–Crippen LogP) is 4.82. The number of benzene rings is 2. The number of hydrogen-bond donors (Lipinski definition) is 1. The first-order chi connectivity index (χ1) is 12.3. The molecule has 136 valence electrons. The minimum Gasteiger partial charge on any atom is -0.491 e. The maximum Gasteiger partial charge on any atom is 0.416 e. The van der Waals surface area contributed by atoms with E-state index in [1.165, 1.54) is 23.1 Å². The Hall–Kier alpha value is -3.03. The fourth-order valence-electron chi connectivity index (χ4n) is 2.30. The number of alkyl halides is 3. The van der Waals surface area contributed by atoms with Gasteiger partial charge in [0.1, 0.15) is 12.1 Å². The van der Waals surface area contributed by atoms with E-state index in [2.05, 4.69) is 15.4 Å². The SMILES string of the molecule is CC(C)Oc1cccc(Nc2ncn(-c3ccc(C(F)(F)F)cc3)n2)c1. The topological polar surface area (TPSA) is 52.0 Å². The highest BCUT2D eigenvalue weighted by Gasteiger charge is 2.30. The molecular weight excluding hydrogens is 345 g/mol. The van der Waals surface area contributed by atoms with E-state index in [1.807, 2.05) is 38.1 Å². The third-order valence-electron chi connectivity index (χ3n) is 3.41. The molecule has 0 bridgehead atoms. The molecule has 0 spiro atoms. The molecule has 26 heavy (non-hydrogen) atoms. The Morgan fingerprint density at radius 3 is 2.46 bits per heavy atom. The minimum atomic E-state index is -4.36. The van der Waals surface area contributed by atoms with Crippen molar-refractivity contribution in [2.24, 2.45) is 0 Å². The standard InChI is InChI=1S/C18H17F3N4O/c1-12(2)26-16-5-3-4-14(10-16)23-17-22-11-25(24-17)15-8-6-13(7-9-15)18(19,20)21/h3-12H,1-2H3,(H,23,24). The molecule has 0 radical (unpaired) electrons. The molecule has 0 atom stereocenters. The molecule has 0 aliphatic carbocycles. The Kier molecular flexibility index (Phi) is 4.83. The molecule has 1 heterocycles. The zero-order chi connectivity index (χ0) is 18.7. The lowest BCUT2D eigenvalue weighted by atomic mass is 10.2. The molecule has 3 aromatic rings. The van der Waals surface area contributed by atoms with Crippen LogP contribution in [-0.4, -0.2) is 20.9 Å². The van der Waals surface area contributed by atoms with E-state index in [4.69, 9.17) is 4.74 Å². The summed E-state index contributed by atoms with van der Waals surface area (Å²) in [6.07, 6.45) is -2.88. The van der Waals surface area contributed by atoms with Crippen LogP contribution in [0.3, 0.4) is 0 Å². The van der Waals surface area contributed by atoms with Crippen LogP contribution in [0.2, 0.25) is 0 Å². The molecule has 1 aromatic heterocycles. The number of halogens is 3. The summed E-state index contributed by atoms with van der Waals surface area (Å²) in [5.74, 6) is 1.04. The van der Waals surface area contributed by atoms with Crippen LogP contribution in [0.5, 0.6) is 5.75 Å². The van der Waals surface area contributed by atoms with E-state index in [0.717, 1.165) is 17.8 Å². The van der Waals surface area contributed by atoms with Crippen LogP contribution >= 0.6 is 0 Å². The molecule has 2 aromatic carbocycles. The van der Waals surface area contributed by atoms with E-state index in [1.54, 1.807) is 0 Å². The fraction of sp³-hybridized carbons (Fsp3) is 0.222. The van der Waals surface area contributed by atoms with E-state index in [0.29, 0.717) is 17.4 Å². The monoisotopic (exact) mass is 362 g/mol. The summed E-state index contributed by atoms with van der Waals surface area (Å²) in [7, 11) is 0. The second kappa shape index (κ2) is 7.07. The summed E-state index contributed by atoms with van der Waals surface area (Å²) in [6, 6.07) is 12.1. The first kappa shape index (κ1) is 17.8. The van der Waals surface area contributed by atoms with Gasteiger partial charge < -0.3 is 10.1 Å². The van der Waals surface area contributed by atoms with Gasteiger partial charge in [-0.05, 0) is 50.2 Å². The number of ether oxygens (including phenoxy) is 1. The number of nitrogens with one attached hydrogen (secondary N) is 1. The maximum atomic E-state index is 12.6. The molecule has 0 unspecified atom stereocenters. The van der Waals surface area contributed by atoms with Gasteiger partial charge in [0, 0.05) is 11.8 Å². The average Bonchev–Trinajstić information content (AvgIpc) is 3.02. The molecule has 8 heteroatoms. The lowest BCUT2D eigenvalue weighted by Gasteiger charge is -2.10. The lowest BCUT2D eigenvalue weighted by molar-refractivity contribution is -0.137. The van der Waals surface area contributed by atoms with Crippen molar-refractivity contribution >= 4 is 11.6 Å². The van der Waals surface area contributed by atoms with Gasteiger partial charge in [0.25, 0.3) is 0 Å². The quantitative estimate of drug-likeness (QED) is 0.707. The van der Waals surface area contributed by atoms with Gasteiger partial charge in [-0.3, -0.25) is 0 Å². The Labute approximate surface area is 148 Å². The van der Waals surface area contributed by atoms with Crippen LogP contribution in [0, 0.1) is 0 Å². The molecule has 3 rings (SSSR count). The highest BCUT2D eigenvalue weighted by atomic mass is 19.4. The average molecular weight is 362 g/mol. The van der Waals surface area contributed by atoms with Gasteiger partial charge in [-0.15, -0.1) is 5.10 Å². The molecule has 0 aliphatic rings. The second-order valence-electron chi connectivity index (χ2n) is 5.88. The number of anilines is 2. The smallest absolute Gasteiger partial charge is 0.416 e. The molecule has 5 nitrogen and oxygen atoms in total. The largest absolute Gasteiger partial charge is 0.491 e. The summed E-state index contributed by atoms with van der Waals surface area (Å²) in [6.45, 7) is 3.88. The fourth-order valence-corrected chi connectivity index (χ4v) is 2.30. The maximum absolute atomic E-state index is 12.6. The zero-order valence-corrected chi connectivity index (χ0v) is 14.2. The summed E-state index contributed by atoms with van der Waals surface area (Å²) in [5, 5.41) is 7.27. The van der Waals surface area contributed by atoms with Crippen LogP contribution in [0.1, 0.15) is 19.4 Å². The summed E-state index contributed by atoms with van der Waals surface area (Å²) >= 11 is 0. The Morgan fingerprint density at radius 1 is 1.08 bits per heavy atom. The predicted molar refractivity (Wildman–Crippen MR) is 91.8 cm³/mol. The van der Waals surface area contributed by atoms with Crippen molar-refractivity contribution in [2.45, 2.75) is 26.1 Å². The number of aromatic nitrogens is 3. The van der Waals surface area contributed by atoms with Crippen molar-refractivity contribution in [2.75, 3.05) is 5.32 Å². The van der Waals surface area contributed by atoms with Gasteiger partial charge >= 0.3 is 6.18 Å². The Bertz CT molecular complexity index is 873. The highest BCUT2D eigenvalue weighted by molar-refractivity contribution is 5.55. The number of rotatable bonds is 5. The molecule has 0 amide bonds. The molecule has 0 saturated carbocycles. The van der Waals surface area contributed by atoms with Crippen LogP contribution in [0.4, 0.5) is 24.8 Å². The van der Waals surface area contributed by atoms with Crippen LogP contribution < -0.4 is 10.1 Å². The Morgan fingerprint density at radius 2 is 1.81 bits per heavy atom. The highest BCUT2D eigenvalue weighted by Crippen LogP contribution is 2.29. The van der Waals surface area contributed by atoms with Gasteiger partial charge in [0.2, 0.25) is 5.95 Å². The molecule has 1 N–H and O–H groups in total. The molecule has 0 aliphatic heterocycles. The van der Waals surface area contributed by atoms with E-state index in [-0.39, 0.29) is 6.10 Å². The van der Waals surface area contributed by atoms with E-state index in [9.17, 15) is 13.2 Å². The van der Waals surface area contributed by atoms with E-state index < -0.39 is 11.7 Å². The Balaban J connectivity index is 1.74. The first-order valence-electron chi connectivity index (χ1n) is 7.94. The van der Waals surface area contributed by atoms with Crippen molar-refractivity contribution in [1.82, 2.24) is 14.8 Å². The normalized spacial score (nSPS) is 11.6. The molecule has 0 fully saturated rings. The summed E-state index contributed by atoms with van der Waals surface area (Å²) < 4.78 is 44.9. The van der Waals surface area contributed by atoms with Gasteiger partial charge in [0.15, 0.2) is 0 Å². The number of nitrogens with zero attached hydrogens (tertiary/aromatic N) is 3. The van der Waals surface area contributed by atoms with Gasteiger partial charge in [-0.25, -0.2) is 4.68 Å². The molecule has 0 saturated heterocycles. The van der Waals surface area contributed by atoms with Crippen molar-refractivity contribution in [3.05, 3.63) is 60.4 Å². The van der Waals surface area contributed by atoms with Crippen LogP contribution in [-0.2, 0) is 6.18 Å². The van der Waals surface area contributed by atoms with Crippen molar-refractivity contribution in [3.63, 3.8) is 0 Å². The third kappa shape index (κ3) is 4.33. The number of hydrogen-bond acceptors (Lipinski definition) is 4. The zero-order valence-electron chi connectivity index (χ0n) is 14.2. The van der Waals surface area contributed by atoms with Crippen molar-refractivity contribution in [1.29, 1.82) is 0 Å². The first-order valence-corrected chi connectivity index (χ1v) is 7.94. The third-order valence-corrected chi connectivity index (χ3v) is 3.41. The van der Waals surface area contributed by atoms with E-state index >= 15 is 0 Å². The summed E-state index contributed by atoms with van der Waals surface area (Å²) in [5.41, 5.74) is 0.519. The van der Waals surface area contributed by atoms with Crippen LogP contribution in [0.15, 0.2) is 54.9 Å². The van der Waals surface area contributed by atoms with Crippen LogP contribution in [0.25, 0.3) is 5.69 Å². The minimum absolute atomic E-state index is 0.0576. The van der Waals surface area contributed by atoms with Crippen molar-refractivity contribution in [3.8, 4) is 11.4 Å². The van der Waals surface area contributed by atoms with Gasteiger partial charge in [-0.2, -0.15) is 18.2 Å². The van der Waals surface area contributed by atoms with Crippen molar-refractivity contribution < 1.29 is 17.9 Å². The summed E-state index contributed by atoms with van der Waals surface area (Å²) in [4.78, 5) is 4.13. The van der Waals surface area contributed by atoms with Gasteiger partial charge in [0.05, 0.1) is 17.4 Å². The molecular formula is C18H17F3N4O. The lowest BCUT2D eigenvalue weighted by Crippen LogP contribution is -2.05.